The van der Waals surface area contributed by atoms with E-state index in [1.54, 1.807) is 43.6 Å². The summed E-state index contributed by atoms with van der Waals surface area (Å²) in [5.41, 5.74) is 0.355. The Morgan fingerprint density at radius 3 is 2.68 bits per heavy atom. The maximum Gasteiger partial charge on any atom is 0.276 e. The molecule has 0 spiro atoms. The fourth-order valence-electron chi connectivity index (χ4n) is 1.98. The minimum Gasteiger partial charge on any atom is -0.467 e. The first kappa shape index (κ1) is 15.5. The Kier molecular flexibility index (Phi) is 4.73. The highest BCUT2D eigenvalue weighted by molar-refractivity contribution is 5.92. The minimum atomic E-state index is -0.473. The van der Waals surface area contributed by atoms with Crippen molar-refractivity contribution >= 4 is 17.7 Å². The third kappa shape index (κ3) is 3.41. The van der Waals surface area contributed by atoms with Crippen molar-refractivity contribution in [1.29, 1.82) is 0 Å². The van der Waals surface area contributed by atoms with Crippen LogP contribution in [-0.2, 0) is 4.79 Å². The van der Waals surface area contributed by atoms with Gasteiger partial charge < -0.3 is 9.32 Å². The van der Waals surface area contributed by atoms with Crippen molar-refractivity contribution in [3.05, 3.63) is 70.2 Å². The molecule has 0 saturated heterocycles. The molecule has 1 amide bonds. The predicted octanol–water partition coefficient (Wildman–Crippen LogP) is 3.42. The second-order valence-corrected chi connectivity index (χ2v) is 4.79. The van der Waals surface area contributed by atoms with E-state index >= 15 is 0 Å². The van der Waals surface area contributed by atoms with E-state index in [0.29, 0.717) is 11.3 Å². The largest absolute Gasteiger partial charge is 0.467 e. The summed E-state index contributed by atoms with van der Waals surface area (Å²) in [5, 5.41) is 10.9. The van der Waals surface area contributed by atoms with Crippen LogP contribution < -0.4 is 0 Å². The van der Waals surface area contributed by atoms with Gasteiger partial charge in [-0.15, -0.1) is 0 Å². The average Bonchev–Trinajstić information content (AvgIpc) is 3.05. The summed E-state index contributed by atoms with van der Waals surface area (Å²) in [6, 6.07) is 9.59. The fourth-order valence-corrected chi connectivity index (χ4v) is 1.98. The van der Waals surface area contributed by atoms with Gasteiger partial charge in [0.1, 0.15) is 5.76 Å². The number of furan rings is 1. The van der Waals surface area contributed by atoms with Crippen LogP contribution in [0.2, 0.25) is 0 Å². The van der Waals surface area contributed by atoms with Gasteiger partial charge in [0.25, 0.3) is 5.69 Å². The van der Waals surface area contributed by atoms with Gasteiger partial charge in [0, 0.05) is 19.2 Å². The summed E-state index contributed by atoms with van der Waals surface area (Å²) >= 11 is 0. The summed E-state index contributed by atoms with van der Waals surface area (Å²) in [6.45, 7) is 1.84. The number of benzene rings is 1. The van der Waals surface area contributed by atoms with Crippen LogP contribution in [0.3, 0.4) is 0 Å². The highest BCUT2D eigenvalue weighted by Gasteiger charge is 2.18. The van der Waals surface area contributed by atoms with E-state index in [0.717, 1.165) is 0 Å². The summed E-state index contributed by atoms with van der Waals surface area (Å²) in [5.74, 6) is 0.414. The molecule has 0 N–H and O–H groups in total. The second-order valence-electron chi connectivity index (χ2n) is 4.79. The SMILES string of the molecule is CC(c1ccco1)N(C)C(=O)/C=C/c1ccccc1[N+](=O)[O-]. The Labute approximate surface area is 127 Å². The van der Waals surface area contributed by atoms with Crippen LogP contribution in [0, 0.1) is 10.1 Å². The van der Waals surface area contributed by atoms with Crippen LogP contribution in [0.25, 0.3) is 6.08 Å². The van der Waals surface area contributed by atoms with Crippen LogP contribution in [-0.4, -0.2) is 22.8 Å². The lowest BCUT2D eigenvalue weighted by Crippen LogP contribution is -2.27. The van der Waals surface area contributed by atoms with Gasteiger partial charge in [0.2, 0.25) is 5.91 Å². The molecule has 1 heterocycles. The number of hydrogen-bond donors (Lipinski definition) is 0. The first-order valence-electron chi connectivity index (χ1n) is 6.72. The minimum absolute atomic E-state index is 0.0340. The molecule has 1 aromatic heterocycles. The molecule has 1 atom stereocenters. The first-order valence-corrected chi connectivity index (χ1v) is 6.72. The molecule has 0 radical (unpaired) electrons. The molecule has 1 unspecified atom stereocenters. The molecule has 6 nitrogen and oxygen atoms in total. The van der Waals surface area contributed by atoms with Crippen LogP contribution in [0.5, 0.6) is 0 Å². The van der Waals surface area contributed by atoms with Crippen LogP contribution in [0.15, 0.2) is 53.2 Å². The number of rotatable bonds is 5. The van der Waals surface area contributed by atoms with Gasteiger partial charge in [-0.1, -0.05) is 12.1 Å². The zero-order chi connectivity index (χ0) is 16.1. The van der Waals surface area contributed by atoms with E-state index in [1.807, 2.05) is 6.92 Å². The van der Waals surface area contributed by atoms with Gasteiger partial charge in [-0.05, 0) is 31.2 Å². The maximum atomic E-state index is 12.2. The van der Waals surface area contributed by atoms with Crippen molar-refractivity contribution < 1.29 is 14.1 Å². The van der Waals surface area contributed by atoms with Gasteiger partial charge in [0.15, 0.2) is 0 Å². The Morgan fingerprint density at radius 1 is 1.32 bits per heavy atom. The molecule has 2 rings (SSSR count). The zero-order valence-electron chi connectivity index (χ0n) is 12.3. The topological polar surface area (TPSA) is 76.6 Å². The average molecular weight is 300 g/mol. The molecule has 0 aliphatic rings. The molecule has 0 aliphatic heterocycles. The zero-order valence-corrected chi connectivity index (χ0v) is 12.3. The number of nitrogens with zero attached hydrogens (tertiary/aromatic N) is 2. The van der Waals surface area contributed by atoms with E-state index < -0.39 is 4.92 Å². The summed E-state index contributed by atoms with van der Waals surface area (Å²) in [7, 11) is 1.65. The Balaban J connectivity index is 2.13. The summed E-state index contributed by atoms with van der Waals surface area (Å²) in [6.07, 6.45) is 4.32. The van der Waals surface area contributed by atoms with E-state index in [2.05, 4.69) is 0 Å². The van der Waals surface area contributed by atoms with E-state index in [9.17, 15) is 14.9 Å². The molecule has 1 aromatic carbocycles. The number of likely N-dealkylation sites (N-methyl/N-ethyl adjacent to an activating group) is 1. The normalized spacial score (nSPS) is 12.3. The van der Waals surface area contributed by atoms with Gasteiger partial charge in [0.05, 0.1) is 22.8 Å². The van der Waals surface area contributed by atoms with Crippen LogP contribution in [0.1, 0.15) is 24.3 Å². The lowest BCUT2D eigenvalue weighted by Gasteiger charge is -2.21. The molecule has 0 bridgehead atoms. The third-order valence-corrected chi connectivity index (χ3v) is 3.42. The van der Waals surface area contributed by atoms with E-state index in [-0.39, 0.29) is 17.6 Å². The number of carbonyl (C=O) groups is 1. The molecular weight excluding hydrogens is 284 g/mol. The monoisotopic (exact) mass is 300 g/mol. The van der Waals surface area contributed by atoms with Gasteiger partial charge >= 0.3 is 0 Å². The maximum absolute atomic E-state index is 12.2. The molecule has 22 heavy (non-hydrogen) atoms. The lowest BCUT2D eigenvalue weighted by molar-refractivity contribution is -0.385. The second kappa shape index (κ2) is 6.71. The number of nitro benzene ring substituents is 1. The molecule has 6 heteroatoms. The van der Waals surface area contributed by atoms with Gasteiger partial charge in [-0.3, -0.25) is 14.9 Å². The number of nitro groups is 1. The Morgan fingerprint density at radius 2 is 2.05 bits per heavy atom. The quantitative estimate of drug-likeness (QED) is 0.481. The van der Waals surface area contributed by atoms with Gasteiger partial charge in [-0.2, -0.15) is 0 Å². The molecule has 0 fully saturated rings. The number of hydrogen-bond acceptors (Lipinski definition) is 4. The van der Waals surface area contributed by atoms with Crippen molar-refractivity contribution in [2.24, 2.45) is 0 Å². The molecule has 0 saturated carbocycles. The Hall–Kier alpha value is -2.89. The van der Waals surface area contributed by atoms with Gasteiger partial charge in [-0.25, -0.2) is 0 Å². The summed E-state index contributed by atoms with van der Waals surface area (Å²) in [4.78, 5) is 24.1. The van der Waals surface area contributed by atoms with Crippen molar-refractivity contribution in [2.75, 3.05) is 7.05 Å². The highest BCUT2D eigenvalue weighted by Crippen LogP contribution is 2.21. The van der Waals surface area contributed by atoms with E-state index in [1.165, 1.54) is 23.1 Å². The number of para-hydroxylation sites is 1. The van der Waals surface area contributed by atoms with Crippen molar-refractivity contribution in [3.63, 3.8) is 0 Å². The van der Waals surface area contributed by atoms with Crippen molar-refractivity contribution in [1.82, 2.24) is 4.90 Å². The molecule has 114 valence electrons. The highest BCUT2D eigenvalue weighted by atomic mass is 16.6. The Bertz CT molecular complexity index is 692. The molecule has 2 aromatic rings. The lowest BCUT2D eigenvalue weighted by atomic mass is 10.1. The van der Waals surface area contributed by atoms with Crippen LogP contribution in [0.4, 0.5) is 5.69 Å². The fraction of sp³-hybridized carbons (Fsp3) is 0.188. The first-order chi connectivity index (χ1) is 10.5. The van der Waals surface area contributed by atoms with Crippen molar-refractivity contribution in [3.8, 4) is 0 Å². The third-order valence-electron chi connectivity index (χ3n) is 3.42. The van der Waals surface area contributed by atoms with E-state index in [4.69, 9.17) is 4.42 Å². The standard InChI is InChI=1S/C16H16N2O4/c1-12(15-8-5-11-22-15)17(2)16(19)10-9-13-6-3-4-7-14(13)18(20)21/h3-12H,1-2H3/b10-9+. The number of amides is 1. The smallest absolute Gasteiger partial charge is 0.276 e. The summed E-state index contributed by atoms with van der Waals surface area (Å²) < 4.78 is 5.27. The van der Waals surface area contributed by atoms with Crippen molar-refractivity contribution in [2.45, 2.75) is 13.0 Å². The predicted molar refractivity (Wildman–Crippen MR) is 82.0 cm³/mol. The molecule has 0 aliphatic carbocycles. The number of carbonyl (C=O) groups excluding carboxylic acids is 1. The molecular formula is C16H16N2O4. The van der Waals surface area contributed by atoms with Crippen LogP contribution >= 0.6 is 0 Å².